The van der Waals surface area contributed by atoms with E-state index in [1.807, 2.05) is 0 Å². The standard InChI is InChI=1S/C16H27NO/c1-12-6-7-13(2)15(10-12)11-16(17-4)14(3)8-9-18-5/h6-7,10,14,16-17H,8-9,11H2,1-5H3. The van der Waals surface area contributed by atoms with E-state index >= 15 is 0 Å². The molecule has 2 nitrogen and oxygen atoms in total. The highest BCUT2D eigenvalue weighted by molar-refractivity contribution is 5.31. The van der Waals surface area contributed by atoms with E-state index in [0.29, 0.717) is 12.0 Å². The predicted molar refractivity (Wildman–Crippen MR) is 78.1 cm³/mol. The van der Waals surface area contributed by atoms with Crippen molar-refractivity contribution in [1.29, 1.82) is 0 Å². The van der Waals surface area contributed by atoms with Gasteiger partial charge < -0.3 is 10.1 Å². The molecule has 0 bridgehead atoms. The first kappa shape index (κ1) is 15.2. The van der Waals surface area contributed by atoms with Gasteiger partial charge in [0, 0.05) is 19.8 Å². The molecule has 2 heteroatoms. The Hall–Kier alpha value is -0.860. The third kappa shape index (κ3) is 4.43. The number of methoxy groups -OCH3 is 1. The van der Waals surface area contributed by atoms with E-state index in [1.54, 1.807) is 7.11 Å². The molecule has 0 aromatic heterocycles. The first-order valence-electron chi connectivity index (χ1n) is 6.80. The Labute approximate surface area is 112 Å². The average Bonchev–Trinajstić information content (AvgIpc) is 2.36. The molecule has 0 saturated carbocycles. The van der Waals surface area contributed by atoms with Crippen LogP contribution in [0, 0.1) is 19.8 Å². The molecule has 1 aromatic rings. The minimum absolute atomic E-state index is 0.514. The summed E-state index contributed by atoms with van der Waals surface area (Å²) in [6.07, 6.45) is 2.20. The fourth-order valence-corrected chi connectivity index (χ4v) is 2.35. The fourth-order valence-electron chi connectivity index (χ4n) is 2.35. The fraction of sp³-hybridized carbons (Fsp3) is 0.625. The Kier molecular flexibility index (Phi) is 6.37. The molecular formula is C16H27NO. The molecule has 0 radical (unpaired) electrons. The SMILES string of the molecule is CNC(Cc1cc(C)ccc1C)C(C)CCOC. The molecule has 2 atom stereocenters. The molecule has 1 N–H and O–H groups in total. The lowest BCUT2D eigenvalue weighted by atomic mass is 9.90. The van der Waals surface area contributed by atoms with Crippen LogP contribution in [-0.4, -0.2) is 26.8 Å². The van der Waals surface area contributed by atoms with Gasteiger partial charge in [0.1, 0.15) is 0 Å². The van der Waals surface area contributed by atoms with Crippen LogP contribution in [0.2, 0.25) is 0 Å². The molecule has 0 fully saturated rings. The van der Waals surface area contributed by atoms with Gasteiger partial charge in [-0.25, -0.2) is 0 Å². The van der Waals surface area contributed by atoms with E-state index in [1.165, 1.54) is 16.7 Å². The van der Waals surface area contributed by atoms with Crippen LogP contribution in [0.3, 0.4) is 0 Å². The summed E-state index contributed by atoms with van der Waals surface area (Å²) in [4.78, 5) is 0. The van der Waals surface area contributed by atoms with Gasteiger partial charge in [-0.15, -0.1) is 0 Å². The topological polar surface area (TPSA) is 21.3 Å². The minimum Gasteiger partial charge on any atom is -0.385 e. The van der Waals surface area contributed by atoms with E-state index in [4.69, 9.17) is 4.74 Å². The van der Waals surface area contributed by atoms with E-state index in [9.17, 15) is 0 Å². The largest absolute Gasteiger partial charge is 0.385 e. The van der Waals surface area contributed by atoms with Crippen molar-refractivity contribution < 1.29 is 4.74 Å². The Morgan fingerprint density at radius 1 is 1.28 bits per heavy atom. The van der Waals surface area contributed by atoms with Gasteiger partial charge in [-0.2, -0.15) is 0 Å². The van der Waals surface area contributed by atoms with Gasteiger partial charge in [-0.3, -0.25) is 0 Å². The number of benzene rings is 1. The average molecular weight is 249 g/mol. The van der Waals surface area contributed by atoms with Crippen molar-refractivity contribution in [3.63, 3.8) is 0 Å². The molecule has 0 heterocycles. The third-order valence-corrected chi connectivity index (χ3v) is 3.78. The lowest BCUT2D eigenvalue weighted by Gasteiger charge is -2.24. The highest BCUT2D eigenvalue weighted by atomic mass is 16.5. The van der Waals surface area contributed by atoms with E-state index in [-0.39, 0.29) is 0 Å². The third-order valence-electron chi connectivity index (χ3n) is 3.78. The number of nitrogens with one attached hydrogen (secondary N) is 1. The second kappa shape index (κ2) is 7.55. The summed E-state index contributed by atoms with van der Waals surface area (Å²) in [5.41, 5.74) is 4.19. The summed E-state index contributed by atoms with van der Waals surface area (Å²) in [6.45, 7) is 7.49. The van der Waals surface area contributed by atoms with Crippen molar-refractivity contribution in [2.75, 3.05) is 20.8 Å². The Morgan fingerprint density at radius 3 is 2.61 bits per heavy atom. The first-order valence-corrected chi connectivity index (χ1v) is 6.80. The van der Waals surface area contributed by atoms with Gasteiger partial charge in [-0.05, 0) is 50.8 Å². The maximum atomic E-state index is 5.17. The number of hydrogen-bond acceptors (Lipinski definition) is 2. The maximum Gasteiger partial charge on any atom is 0.0465 e. The molecule has 1 aromatic carbocycles. The zero-order valence-corrected chi connectivity index (χ0v) is 12.4. The summed E-state index contributed by atoms with van der Waals surface area (Å²) in [5.74, 6) is 0.620. The van der Waals surface area contributed by atoms with Crippen LogP contribution in [0.25, 0.3) is 0 Å². The molecule has 0 aliphatic rings. The van der Waals surface area contributed by atoms with E-state index < -0.39 is 0 Å². The van der Waals surface area contributed by atoms with Crippen LogP contribution in [0.15, 0.2) is 18.2 Å². The van der Waals surface area contributed by atoms with Crippen LogP contribution in [0.4, 0.5) is 0 Å². The van der Waals surface area contributed by atoms with Crippen LogP contribution in [0.1, 0.15) is 30.0 Å². The van der Waals surface area contributed by atoms with Gasteiger partial charge in [0.15, 0.2) is 0 Å². The highest BCUT2D eigenvalue weighted by Crippen LogP contribution is 2.17. The summed E-state index contributed by atoms with van der Waals surface area (Å²) in [6, 6.07) is 7.22. The van der Waals surface area contributed by atoms with E-state index in [2.05, 4.69) is 51.3 Å². The zero-order chi connectivity index (χ0) is 13.5. The second-order valence-corrected chi connectivity index (χ2v) is 5.29. The van der Waals surface area contributed by atoms with Crippen molar-refractivity contribution >= 4 is 0 Å². The Bertz CT molecular complexity index is 362. The van der Waals surface area contributed by atoms with Crippen molar-refractivity contribution in [3.8, 4) is 0 Å². The molecule has 0 aliphatic carbocycles. The van der Waals surface area contributed by atoms with E-state index in [0.717, 1.165) is 19.4 Å². The van der Waals surface area contributed by atoms with Crippen LogP contribution in [-0.2, 0) is 11.2 Å². The monoisotopic (exact) mass is 249 g/mol. The molecule has 2 unspecified atom stereocenters. The highest BCUT2D eigenvalue weighted by Gasteiger charge is 2.16. The lowest BCUT2D eigenvalue weighted by molar-refractivity contribution is 0.171. The zero-order valence-electron chi connectivity index (χ0n) is 12.4. The first-order chi connectivity index (χ1) is 8.58. The molecule has 0 saturated heterocycles. The molecule has 102 valence electrons. The Balaban J connectivity index is 2.69. The summed E-state index contributed by atoms with van der Waals surface area (Å²) in [5, 5.41) is 3.45. The van der Waals surface area contributed by atoms with Crippen molar-refractivity contribution in [2.45, 2.75) is 39.7 Å². The molecule has 0 aliphatic heterocycles. The smallest absolute Gasteiger partial charge is 0.0465 e. The van der Waals surface area contributed by atoms with Gasteiger partial charge in [0.2, 0.25) is 0 Å². The van der Waals surface area contributed by atoms with Crippen LogP contribution >= 0.6 is 0 Å². The van der Waals surface area contributed by atoms with Crippen LogP contribution in [0.5, 0.6) is 0 Å². The van der Waals surface area contributed by atoms with Crippen molar-refractivity contribution in [3.05, 3.63) is 34.9 Å². The molecular weight excluding hydrogens is 222 g/mol. The normalized spacial score (nSPS) is 14.5. The van der Waals surface area contributed by atoms with Gasteiger partial charge >= 0.3 is 0 Å². The van der Waals surface area contributed by atoms with Crippen molar-refractivity contribution in [2.24, 2.45) is 5.92 Å². The quantitative estimate of drug-likeness (QED) is 0.801. The van der Waals surface area contributed by atoms with Crippen molar-refractivity contribution in [1.82, 2.24) is 5.32 Å². The molecule has 1 rings (SSSR count). The van der Waals surface area contributed by atoms with Crippen LogP contribution < -0.4 is 5.32 Å². The predicted octanol–water partition coefficient (Wildman–Crippen LogP) is 3.11. The Morgan fingerprint density at radius 2 is 2.00 bits per heavy atom. The molecule has 18 heavy (non-hydrogen) atoms. The molecule has 0 spiro atoms. The minimum atomic E-state index is 0.514. The number of ether oxygens (including phenoxy) is 1. The number of likely N-dealkylation sites (N-methyl/N-ethyl adjacent to an activating group) is 1. The number of aryl methyl sites for hydroxylation is 2. The lowest BCUT2D eigenvalue weighted by Crippen LogP contribution is -2.35. The maximum absolute atomic E-state index is 5.17. The summed E-state index contributed by atoms with van der Waals surface area (Å²) in [7, 11) is 3.82. The second-order valence-electron chi connectivity index (χ2n) is 5.29. The van der Waals surface area contributed by atoms with Gasteiger partial charge in [-0.1, -0.05) is 30.7 Å². The number of hydrogen-bond donors (Lipinski definition) is 1. The van der Waals surface area contributed by atoms with Gasteiger partial charge in [0.05, 0.1) is 0 Å². The number of rotatable bonds is 7. The summed E-state index contributed by atoms with van der Waals surface area (Å²) >= 11 is 0. The molecule has 0 amide bonds. The van der Waals surface area contributed by atoms with Gasteiger partial charge in [0.25, 0.3) is 0 Å². The summed E-state index contributed by atoms with van der Waals surface area (Å²) < 4.78 is 5.17.